The van der Waals surface area contributed by atoms with Crippen LogP contribution in [0.15, 0.2) is 41.2 Å². The lowest BCUT2D eigenvalue weighted by molar-refractivity contribution is -0.115. The molecule has 0 spiro atoms. The second-order valence-electron chi connectivity index (χ2n) is 10.4. The first-order valence-corrected chi connectivity index (χ1v) is 13.0. The summed E-state index contributed by atoms with van der Waals surface area (Å²) in [6.07, 6.45) is 4.78. The third-order valence-corrected chi connectivity index (χ3v) is 6.66. The summed E-state index contributed by atoms with van der Waals surface area (Å²) in [5.41, 5.74) is 3.86. The number of hydrogen-bond acceptors (Lipinski definition) is 5. The summed E-state index contributed by atoms with van der Waals surface area (Å²) in [4.78, 5) is 33.3. The molecule has 3 aromatic rings. The molecule has 1 aliphatic rings. The van der Waals surface area contributed by atoms with Gasteiger partial charge in [-0.05, 0) is 62.0 Å². The van der Waals surface area contributed by atoms with Crippen LogP contribution >= 0.6 is 11.6 Å². The Balaban J connectivity index is 1.76. The molecule has 4 rings (SSSR count). The maximum Gasteiger partial charge on any atom is 0.281 e. The fraction of sp³-hybridized carbons (Fsp3) is 0.464. The molecule has 1 amide bonds. The molecule has 2 aromatic carbocycles. The summed E-state index contributed by atoms with van der Waals surface area (Å²) in [5, 5.41) is 0.954. The van der Waals surface area contributed by atoms with Gasteiger partial charge in [0, 0.05) is 29.6 Å². The van der Waals surface area contributed by atoms with Crippen molar-refractivity contribution in [1.29, 1.82) is 0 Å². The lowest BCUT2D eigenvalue weighted by atomic mass is 9.84. The number of halogens is 1. The minimum Gasteiger partial charge on any atom is -0.493 e. The van der Waals surface area contributed by atoms with Crippen LogP contribution in [0.1, 0.15) is 58.9 Å². The van der Waals surface area contributed by atoms with Crippen molar-refractivity contribution >= 4 is 28.4 Å². The minimum atomic E-state index is -0.395. The van der Waals surface area contributed by atoms with Gasteiger partial charge in [-0.1, -0.05) is 50.9 Å². The summed E-state index contributed by atoms with van der Waals surface area (Å²) in [6.45, 7) is 11.4. The molecule has 2 heterocycles. The van der Waals surface area contributed by atoms with E-state index in [0.717, 1.165) is 31.6 Å². The van der Waals surface area contributed by atoms with Crippen LogP contribution in [0, 0.1) is 0 Å². The fourth-order valence-corrected chi connectivity index (χ4v) is 5.05. The molecule has 1 saturated heterocycles. The zero-order valence-electron chi connectivity index (χ0n) is 21.6. The number of nitrogens with one attached hydrogen (secondary N) is 1. The van der Waals surface area contributed by atoms with E-state index >= 15 is 0 Å². The van der Waals surface area contributed by atoms with Crippen LogP contribution in [0.2, 0.25) is 5.02 Å². The van der Waals surface area contributed by atoms with Crippen molar-refractivity contribution in [3.05, 3.63) is 57.3 Å². The van der Waals surface area contributed by atoms with Crippen LogP contribution in [-0.4, -0.2) is 46.7 Å². The van der Waals surface area contributed by atoms with Crippen LogP contribution in [0.3, 0.4) is 0 Å². The summed E-state index contributed by atoms with van der Waals surface area (Å²) in [6, 6.07) is 10.8. The Bertz CT molecular complexity index is 1310. The van der Waals surface area contributed by atoms with E-state index in [1.807, 2.05) is 18.2 Å². The lowest BCUT2D eigenvalue weighted by Gasteiger charge is -2.27. The number of carbonyl (C=O) groups excluding carboxylic acids is 1. The standard InChI is InChI=1S/C28H35ClN4O3/c1-19(34)31-33-26(20-10-8-11-21(29)18-20)30-22-12-13-23(25(28(2,3)4)24(22)27(33)35)36-17-9-16-32-14-6-5-7-15-32/h8,10-13,18H,5-7,9,14-17H2,1-4H3,(H,31,34). The highest BCUT2D eigenvalue weighted by atomic mass is 35.5. The number of hydrogen-bond donors (Lipinski definition) is 1. The Morgan fingerprint density at radius 3 is 2.56 bits per heavy atom. The van der Waals surface area contributed by atoms with E-state index in [1.54, 1.807) is 18.2 Å². The average molecular weight is 511 g/mol. The molecule has 0 bridgehead atoms. The van der Waals surface area contributed by atoms with Gasteiger partial charge in [0.05, 0.1) is 17.5 Å². The van der Waals surface area contributed by atoms with Crippen molar-refractivity contribution in [2.24, 2.45) is 0 Å². The summed E-state index contributed by atoms with van der Waals surface area (Å²) < 4.78 is 7.48. The lowest BCUT2D eigenvalue weighted by Crippen LogP contribution is -2.35. The van der Waals surface area contributed by atoms with Gasteiger partial charge in [-0.15, -0.1) is 0 Å². The SMILES string of the molecule is CC(=O)Nn1c(-c2cccc(Cl)c2)nc2ccc(OCCCN3CCCCC3)c(C(C)(C)C)c2c1=O. The number of benzene rings is 2. The second-order valence-corrected chi connectivity index (χ2v) is 10.9. The van der Waals surface area contributed by atoms with Gasteiger partial charge >= 0.3 is 0 Å². The molecule has 192 valence electrons. The Morgan fingerprint density at radius 2 is 1.89 bits per heavy atom. The predicted molar refractivity (Wildman–Crippen MR) is 146 cm³/mol. The van der Waals surface area contributed by atoms with Gasteiger partial charge in [-0.25, -0.2) is 4.98 Å². The maximum absolute atomic E-state index is 13.9. The third kappa shape index (κ3) is 5.90. The highest BCUT2D eigenvalue weighted by Gasteiger charge is 2.27. The van der Waals surface area contributed by atoms with Gasteiger partial charge in [0.25, 0.3) is 5.56 Å². The van der Waals surface area contributed by atoms with Gasteiger partial charge in [-0.3, -0.25) is 15.0 Å². The number of piperidine rings is 1. The fourth-order valence-electron chi connectivity index (χ4n) is 4.85. The normalized spacial score (nSPS) is 14.7. The Kier molecular flexibility index (Phi) is 8.00. The molecule has 1 N–H and O–H groups in total. The number of carbonyl (C=O) groups is 1. The Labute approximate surface area is 217 Å². The van der Waals surface area contributed by atoms with E-state index in [0.29, 0.717) is 39.7 Å². The molecule has 0 saturated carbocycles. The van der Waals surface area contributed by atoms with Crippen molar-refractivity contribution < 1.29 is 9.53 Å². The van der Waals surface area contributed by atoms with Crippen molar-refractivity contribution in [3.8, 4) is 17.1 Å². The van der Waals surface area contributed by atoms with Gasteiger partial charge in [-0.2, -0.15) is 4.68 Å². The number of rotatable bonds is 7. The number of fused-ring (bicyclic) bond motifs is 1. The van der Waals surface area contributed by atoms with Crippen LogP contribution in [0.25, 0.3) is 22.3 Å². The van der Waals surface area contributed by atoms with E-state index < -0.39 is 5.41 Å². The molecule has 0 atom stereocenters. The topological polar surface area (TPSA) is 76.5 Å². The molecule has 1 aliphatic heterocycles. The Morgan fingerprint density at radius 1 is 1.14 bits per heavy atom. The molecule has 36 heavy (non-hydrogen) atoms. The quantitative estimate of drug-likeness (QED) is 0.433. The van der Waals surface area contributed by atoms with E-state index in [2.05, 4.69) is 31.1 Å². The minimum absolute atomic E-state index is 0.320. The molecule has 1 aromatic heterocycles. The number of amides is 1. The first-order valence-electron chi connectivity index (χ1n) is 12.6. The van der Waals surface area contributed by atoms with Crippen LogP contribution in [-0.2, 0) is 10.2 Å². The molecular formula is C28H35ClN4O3. The number of likely N-dealkylation sites (tertiary alicyclic amines) is 1. The number of ether oxygens (including phenoxy) is 1. The van der Waals surface area contributed by atoms with Crippen molar-refractivity contribution in [2.75, 3.05) is 31.7 Å². The van der Waals surface area contributed by atoms with Gasteiger partial charge in [0.2, 0.25) is 5.91 Å². The van der Waals surface area contributed by atoms with Gasteiger partial charge in [0.15, 0.2) is 5.82 Å². The molecule has 8 heteroatoms. The van der Waals surface area contributed by atoms with E-state index in [9.17, 15) is 9.59 Å². The van der Waals surface area contributed by atoms with Crippen LogP contribution in [0.5, 0.6) is 5.75 Å². The molecule has 0 unspecified atom stereocenters. The highest BCUT2D eigenvalue weighted by Crippen LogP contribution is 2.36. The summed E-state index contributed by atoms with van der Waals surface area (Å²) >= 11 is 6.20. The highest BCUT2D eigenvalue weighted by molar-refractivity contribution is 6.30. The largest absolute Gasteiger partial charge is 0.493 e. The monoisotopic (exact) mass is 510 g/mol. The van der Waals surface area contributed by atoms with Gasteiger partial charge in [0.1, 0.15) is 5.75 Å². The van der Waals surface area contributed by atoms with E-state index in [4.69, 9.17) is 21.3 Å². The first kappa shape index (κ1) is 26.2. The van der Waals surface area contributed by atoms with Crippen molar-refractivity contribution in [2.45, 2.75) is 58.8 Å². The molecule has 0 aliphatic carbocycles. The van der Waals surface area contributed by atoms with Crippen LogP contribution in [0.4, 0.5) is 0 Å². The number of nitrogens with zero attached hydrogens (tertiary/aromatic N) is 3. The third-order valence-electron chi connectivity index (χ3n) is 6.43. The second kappa shape index (κ2) is 11.0. The van der Waals surface area contributed by atoms with Crippen molar-refractivity contribution in [3.63, 3.8) is 0 Å². The molecule has 7 nitrogen and oxygen atoms in total. The number of aromatic nitrogens is 2. The van der Waals surface area contributed by atoms with Crippen LogP contribution < -0.4 is 15.7 Å². The van der Waals surface area contributed by atoms with E-state index in [1.165, 1.54) is 30.9 Å². The Hall–Kier alpha value is -2.90. The maximum atomic E-state index is 13.9. The zero-order chi connectivity index (χ0) is 25.9. The average Bonchev–Trinajstić information content (AvgIpc) is 2.83. The van der Waals surface area contributed by atoms with Gasteiger partial charge < -0.3 is 9.64 Å². The molecule has 1 fully saturated rings. The smallest absolute Gasteiger partial charge is 0.281 e. The van der Waals surface area contributed by atoms with E-state index in [-0.39, 0.29) is 11.5 Å². The zero-order valence-corrected chi connectivity index (χ0v) is 22.3. The van der Waals surface area contributed by atoms with Crippen molar-refractivity contribution in [1.82, 2.24) is 14.6 Å². The summed E-state index contributed by atoms with van der Waals surface area (Å²) in [5.74, 6) is 0.627. The first-order chi connectivity index (χ1) is 17.1. The molecular weight excluding hydrogens is 476 g/mol. The molecule has 0 radical (unpaired) electrons. The predicted octanol–water partition coefficient (Wildman–Crippen LogP) is 5.36. The summed E-state index contributed by atoms with van der Waals surface area (Å²) in [7, 11) is 0.